The van der Waals surface area contributed by atoms with E-state index < -0.39 is 12.7 Å². The first-order valence-corrected chi connectivity index (χ1v) is 10.0. The van der Waals surface area contributed by atoms with Gasteiger partial charge in [-0.1, -0.05) is 30.2 Å². The van der Waals surface area contributed by atoms with Crippen LogP contribution in [0.25, 0.3) is 10.9 Å². The number of nitrogens with zero attached hydrogens (tertiary/aromatic N) is 1. The molecule has 6 heteroatoms. The lowest BCUT2D eigenvalue weighted by Crippen LogP contribution is -2.34. The van der Waals surface area contributed by atoms with E-state index in [4.69, 9.17) is 4.74 Å². The highest BCUT2D eigenvalue weighted by Crippen LogP contribution is 2.26. The van der Waals surface area contributed by atoms with Gasteiger partial charge >= 0.3 is 6.18 Å². The molecule has 30 heavy (non-hydrogen) atoms. The largest absolute Gasteiger partial charge is 0.406 e. The summed E-state index contributed by atoms with van der Waals surface area (Å²) in [4.78, 5) is 0. The van der Waals surface area contributed by atoms with E-state index in [2.05, 4.69) is 17.2 Å². The van der Waals surface area contributed by atoms with Crippen molar-refractivity contribution in [2.75, 3.05) is 13.2 Å². The van der Waals surface area contributed by atoms with E-state index in [0.717, 1.165) is 42.6 Å². The van der Waals surface area contributed by atoms with Gasteiger partial charge < -0.3 is 14.6 Å². The van der Waals surface area contributed by atoms with Crippen LogP contribution in [0.3, 0.4) is 0 Å². The van der Waals surface area contributed by atoms with Crippen LogP contribution in [0.2, 0.25) is 0 Å². The summed E-state index contributed by atoms with van der Waals surface area (Å²) in [6.07, 6.45) is -2.37. The molecule has 1 N–H and O–H groups in total. The predicted molar refractivity (Wildman–Crippen MR) is 111 cm³/mol. The molecule has 4 rings (SSSR count). The predicted octanol–water partition coefficient (Wildman–Crippen LogP) is 4.87. The van der Waals surface area contributed by atoms with Crippen molar-refractivity contribution in [3.05, 3.63) is 71.4 Å². The molecular formula is C24H23F3N2O. The van der Waals surface area contributed by atoms with E-state index in [1.54, 1.807) is 12.1 Å². The standard InChI is InChI=1S/C24H23F3N2O/c25-24(26,27)17-29-22(8-6-18-4-2-1-3-5-18)15-20-14-19(7-9-23(20)29)16-28-21-10-12-30-13-11-21/h1-5,7,9,14-15,21,28H,10-13,16-17H2. The van der Waals surface area contributed by atoms with Crippen molar-refractivity contribution >= 4 is 10.9 Å². The maximum Gasteiger partial charge on any atom is 0.406 e. The molecule has 0 atom stereocenters. The van der Waals surface area contributed by atoms with Crippen LogP contribution in [0.15, 0.2) is 54.6 Å². The number of halogens is 3. The summed E-state index contributed by atoms with van der Waals surface area (Å²) in [5.74, 6) is 5.90. The molecule has 2 aromatic carbocycles. The molecule has 2 heterocycles. The summed E-state index contributed by atoms with van der Waals surface area (Å²) in [6, 6.07) is 17.0. The molecule has 1 aliphatic rings. The Kier molecular flexibility index (Phi) is 6.12. The van der Waals surface area contributed by atoms with Crippen molar-refractivity contribution in [1.82, 2.24) is 9.88 Å². The van der Waals surface area contributed by atoms with Gasteiger partial charge in [-0.2, -0.15) is 13.2 Å². The SMILES string of the molecule is FC(F)(F)Cn1c(C#Cc2ccccc2)cc2cc(CNC3CCOCC3)ccc21. The summed E-state index contributed by atoms with van der Waals surface area (Å²) in [5.41, 5.74) is 2.71. The first-order valence-electron chi connectivity index (χ1n) is 10.0. The third kappa shape index (κ3) is 5.24. The van der Waals surface area contributed by atoms with Gasteiger partial charge in [0.25, 0.3) is 0 Å². The summed E-state index contributed by atoms with van der Waals surface area (Å²) < 4.78 is 46.2. The Labute approximate surface area is 173 Å². The zero-order valence-electron chi connectivity index (χ0n) is 16.5. The molecule has 0 saturated carbocycles. The van der Waals surface area contributed by atoms with Gasteiger partial charge in [-0.15, -0.1) is 0 Å². The Morgan fingerprint density at radius 3 is 2.50 bits per heavy atom. The molecule has 0 amide bonds. The fourth-order valence-electron chi connectivity index (χ4n) is 3.71. The van der Waals surface area contributed by atoms with Crippen molar-refractivity contribution in [1.29, 1.82) is 0 Å². The molecular weight excluding hydrogens is 389 g/mol. The molecule has 0 spiro atoms. The van der Waals surface area contributed by atoms with Crippen LogP contribution in [-0.2, 0) is 17.8 Å². The normalized spacial score (nSPS) is 15.2. The zero-order chi connectivity index (χ0) is 21.0. The monoisotopic (exact) mass is 412 g/mol. The van der Waals surface area contributed by atoms with Crippen LogP contribution in [-0.4, -0.2) is 30.0 Å². The lowest BCUT2D eigenvalue weighted by atomic mass is 10.1. The highest BCUT2D eigenvalue weighted by Gasteiger charge is 2.29. The van der Waals surface area contributed by atoms with Crippen LogP contribution in [0, 0.1) is 11.8 Å². The molecule has 1 aliphatic heterocycles. The van der Waals surface area contributed by atoms with E-state index in [1.807, 2.05) is 42.5 Å². The average Bonchev–Trinajstić information content (AvgIpc) is 3.07. The van der Waals surface area contributed by atoms with Crippen molar-refractivity contribution < 1.29 is 17.9 Å². The van der Waals surface area contributed by atoms with Crippen LogP contribution in [0.1, 0.15) is 29.7 Å². The number of hydrogen-bond acceptors (Lipinski definition) is 2. The fraction of sp³-hybridized carbons (Fsp3) is 0.333. The van der Waals surface area contributed by atoms with Gasteiger partial charge in [0.1, 0.15) is 6.54 Å². The molecule has 1 saturated heterocycles. The Morgan fingerprint density at radius 2 is 1.77 bits per heavy atom. The third-order valence-corrected chi connectivity index (χ3v) is 5.23. The number of rotatable bonds is 4. The molecule has 0 bridgehead atoms. The van der Waals surface area contributed by atoms with Gasteiger partial charge in [-0.05, 0) is 54.7 Å². The first kappa shape index (κ1) is 20.5. The average molecular weight is 412 g/mol. The lowest BCUT2D eigenvalue weighted by molar-refractivity contribution is -0.140. The molecule has 1 aromatic heterocycles. The minimum atomic E-state index is -4.32. The number of aromatic nitrogens is 1. The maximum atomic E-state index is 13.2. The van der Waals surface area contributed by atoms with Gasteiger partial charge in [0.15, 0.2) is 0 Å². The smallest absolute Gasteiger partial charge is 0.381 e. The number of hydrogen-bond donors (Lipinski definition) is 1. The number of alkyl halides is 3. The van der Waals surface area contributed by atoms with E-state index in [1.165, 1.54) is 4.57 Å². The molecule has 0 unspecified atom stereocenters. The molecule has 0 aliphatic carbocycles. The second-order valence-corrected chi connectivity index (χ2v) is 7.51. The highest BCUT2D eigenvalue weighted by atomic mass is 19.4. The summed E-state index contributed by atoms with van der Waals surface area (Å²) in [5, 5.41) is 4.28. The fourth-order valence-corrected chi connectivity index (χ4v) is 3.71. The Balaban J connectivity index is 1.62. The third-order valence-electron chi connectivity index (χ3n) is 5.23. The highest BCUT2D eigenvalue weighted by molar-refractivity contribution is 5.83. The summed E-state index contributed by atoms with van der Waals surface area (Å²) >= 11 is 0. The van der Waals surface area contributed by atoms with Gasteiger partial charge in [0.05, 0.1) is 5.69 Å². The van der Waals surface area contributed by atoms with E-state index >= 15 is 0 Å². The Morgan fingerprint density at radius 1 is 1.00 bits per heavy atom. The summed E-state index contributed by atoms with van der Waals surface area (Å²) in [6.45, 7) is 1.14. The Bertz CT molecular complexity index is 1050. The van der Waals surface area contributed by atoms with E-state index in [0.29, 0.717) is 23.8 Å². The van der Waals surface area contributed by atoms with Crippen molar-refractivity contribution in [2.45, 2.75) is 38.1 Å². The van der Waals surface area contributed by atoms with Crippen molar-refractivity contribution in [3.8, 4) is 11.8 Å². The van der Waals surface area contributed by atoms with Crippen molar-refractivity contribution in [3.63, 3.8) is 0 Å². The maximum absolute atomic E-state index is 13.2. The van der Waals surface area contributed by atoms with Gasteiger partial charge in [-0.25, -0.2) is 0 Å². The second kappa shape index (κ2) is 8.95. The zero-order valence-corrected chi connectivity index (χ0v) is 16.5. The van der Waals surface area contributed by atoms with Crippen molar-refractivity contribution in [2.24, 2.45) is 0 Å². The molecule has 156 valence electrons. The molecule has 1 fully saturated rings. The molecule has 0 radical (unpaired) electrons. The molecule has 3 aromatic rings. The van der Waals surface area contributed by atoms with Crippen LogP contribution < -0.4 is 5.32 Å². The van der Waals surface area contributed by atoms with E-state index in [-0.39, 0.29) is 0 Å². The Hall–Kier alpha value is -2.75. The van der Waals surface area contributed by atoms with Gasteiger partial charge in [-0.3, -0.25) is 0 Å². The van der Waals surface area contributed by atoms with Crippen LogP contribution in [0.5, 0.6) is 0 Å². The number of benzene rings is 2. The number of ether oxygens (including phenoxy) is 1. The van der Waals surface area contributed by atoms with E-state index in [9.17, 15) is 13.2 Å². The van der Waals surface area contributed by atoms with Crippen LogP contribution >= 0.6 is 0 Å². The van der Waals surface area contributed by atoms with Gasteiger partial charge in [0, 0.05) is 42.3 Å². The topological polar surface area (TPSA) is 26.2 Å². The summed E-state index contributed by atoms with van der Waals surface area (Å²) in [7, 11) is 0. The minimum absolute atomic E-state index is 0.362. The van der Waals surface area contributed by atoms with Gasteiger partial charge in [0.2, 0.25) is 0 Å². The molecule has 3 nitrogen and oxygen atoms in total. The number of nitrogens with one attached hydrogen (secondary N) is 1. The minimum Gasteiger partial charge on any atom is -0.381 e. The lowest BCUT2D eigenvalue weighted by Gasteiger charge is -2.23. The quantitative estimate of drug-likeness (QED) is 0.619. The number of fused-ring (bicyclic) bond motifs is 1. The first-order chi connectivity index (χ1) is 14.5. The van der Waals surface area contributed by atoms with Crippen LogP contribution in [0.4, 0.5) is 13.2 Å². The second-order valence-electron chi connectivity index (χ2n) is 7.51.